The number of nitrogens with two attached hydrogens (primary N) is 1. The minimum atomic E-state index is -0.138. The molecule has 2 heteroatoms. The summed E-state index contributed by atoms with van der Waals surface area (Å²) in [6.45, 7) is 4.23. The Morgan fingerprint density at radius 1 is 1.38 bits per heavy atom. The Balaban J connectivity index is 2.83. The number of rotatable bonds is 3. The lowest BCUT2D eigenvalue weighted by molar-refractivity contribution is 0.265. The van der Waals surface area contributed by atoms with Crippen LogP contribution in [0.3, 0.4) is 0 Å². The Morgan fingerprint density at radius 2 is 2.08 bits per heavy atom. The van der Waals surface area contributed by atoms with Crippen molar-refractivity contribution in [2.24, 2.45) is 5.73 Å². The molecule has 0 radical (unpaired) electrons. The van der Waals surface area contributed by atoms with Gasteiger partial charge in [0.15, 0.2) is 0 Å². The Bertz CT molecular complexity index is 283. The fraction of sp³-hybridized carbons (Fsp3) is 0.455. The first-order chi connectivity index (χ1) is 6.15. The monoisotopic (exact) mass is 179 g/mol. The van der Waals surface area contributed by atoms with Gasteiger partial charge in [-0.15, -0.1) is 0 Å². The lowest BCUT2D eigenvalue weighted by Crippen LogP contribution is -2.27. The molecule has 0 amide bonds. The second-order valence-electron chi connectivity index (χ2n) is 3.51. The van der Waals surface area contributed by atoms with Crippen molar-refractivity contribution in [2.75, 3.05) is 6.61 Å². The molecule has 0 aliphatic rings. The summed E-state index contributed by atoms with van der Waals surface area (Å²) in [5.74, 6) is 0. The van der Waals surface area contributed by atoms with Crippen molar-refractivity contribution in [3.8, 4) is 0 Å². The van der Waals surface area contributed by atoms with Crippen LogP contribution in [-0.4, -0.2) is 17.8 Å². The van der Waals surface area contributed by atoms with E-state index in [1.165, 1.54) is 16.7 Å². The molecule has 2 nitrogen and oxygen atoms in total. The first kappa shape index (κ1) is 10.2. The van der Waals surface area contributed by atoms with Crippen molar-refractivity contribution in [3.63, 3.8) is 0 Å². The summed E-state index contributed by atoms with van der Waals surface area (Å²) in [7, 11) is 0. The average Bonchev–Trinajstić information content (AvgIpc) is 2.13. The van der Waals surface area contributed by atoms with Gasteiger partial charge in [0.05, 0.1) is 6.61 Å². The van der Waals surface area contributed by atoms with Crippen LogP contribution in [0, 0.1) is 13.8 Å². The van der Waals surface area contributed by atoms with Crippen LogP contribution >= 0.6 is 0 Å². The van der Waals surface area contributed by atoms with Crippen LogP contribution in [0.25, 0.3) is 0 Å². The molecule has 0 aromatic heterocycles. The van der Waals surface area contributed by atoms with E-state index in [-0.39, 0.29) is 12.6 Å². The summed E-state index contributed by atoms with van der Waals surface area (Å²) < 4.78 is 0. The van der Waals surface area contributed by atoms with Gasteiger partial charge in [-0.3, -0.25) is 0 Å². The van der Waals surface area contributed by atoms with Crippen LogP contribution in [0.5, 0.6) is 0 Å². The summed E-state index contributed by atoms with van der Waals surface area (Å²) in [5, 5.41) is 8.83. The quantitative estimate of drug-likeness (QED) is 0.731. The average molecular weight is 179 g/mol. The van der Waals surface area contributed by atoms with E-state index in [9.17, 15) is 0 Å². The molecule has 3 N–H and O–H groups in total. The summed E-state index contributed by atoms with van der Waals surface area (Å²) in [6, 6.07) is 6.05. The Kier molecular flexibility index (Phi) is 3.46. The number of aliphatic hydroxyl groups is 1. The molecule has 0 aliphatic heterocycles. The molecule has 1 atom stereocenters. The summed E-state index contributed by atoms with van der Waals surface area (Å²) in [4.78, 5) is 0. The van der Waals surface area contributed by atoms with Crippen LogP contribution in [0.4, 0.5) is 0 Å². The molecule has 0 bridgehead atoms. The summed E-state index contributed by atoms with van der Waals surface area (Å²) in [6.07, 6.45) is 0.754. The molecule has 0 saturated heterocycles. The molecular weight excluding hydrogens is 162 g/mol. The van der Waals surface area contributed by atoms with E-state index in [1.807, 2.05) is 6.07 Å². The van der Waals surface area contributed by atoms with Gasteiger partial charge in [-0.25, -0.2) is 0 Å². The molecule has 0 heterocycles. The molecule has 1 aromatic carbocycles. The van der Waals surface area contributed by atoms with Crippen molar-refractivity contribution in [2.45, 2.75) is 26.3 Å². The molecule has 1 unspecified atom stereocenters. The van der Waals surface area contributed by atoms with E-state index >= 15 is 0 Å². The molecule has 1 aromatic rings. The van der Waals surface area contributed by atoms with E-state index in [1.54, 1.807) is 0 Å². The molecule has 0 aliphatic carbocycles. The molecular formula is C11H17NO. The van der Waals surface area contributed by atoms with E-state index in [0.29, 0.717) is 0 Å². The maximum absolute atomic E-state index is 8.83. The zero-order chi connectivity index (χ0) is 9.84. The van der Waals surface area contributed by atoms with Gasteiger partial charge in [-0.05, 0) is 37.0 Å². The topological polar surface area (TPSA) is 46.2 Å². The van der Waals surface area contributed by atoms with Gasteiger partial charge in [0, 0.05) is 6.04 Å². The molecule has 1 rings (SSSR count). The van der Waals surface area contributed by atoms with E-state index in [4.69, 9.17) is 10.8 Å². The van der Waals surface area contributed by atoms with Crippen LogP contribution < -0.4 is 5.73 Å². The van der Waals surface area contributed by atoms with Gasteiger partial charge < -0.3 is 10.8 Å². The first-order valence-electron chi connectivity index (χ1n) is 4.56. The van der Waals surface area contributed by atoms with Crippen LogP contribution in [0.1, 0.15) is 16.7 Å². The fourth-order valence-electron chi connectivity index (χ4n) is 1.38. The Labute approximate surface area is 79.4 Å². The van der Waals surface area contributed by atoms with E-state index in [2.05, 4.69) is 26.0 Å². The molecule has 13 heavy (non-hydrogen) atoms. The van der Waals surface area contributed by atoms with Gasteiger partial charge in [0.25, 0.3) is 0 Å². The van der Waals surface area contributed by atoms with Crippen LogP contribution in [-0.2, 0) is 6.42 Å². The second kappa shape index (κ2) is 4.40. The lowest BCUT2D eigenvalue weighted by atomic mass is 9.98. The number of benzene rings is 1. The van der Waals surface area contributed by atoms with Gasteiger partial charge in [-0.1, -0.05) is 18.2 Å². The highest BCUT2D eigenvalue weighted by atomic mass is 16.3. The van der Waals surface area contributed by atoms with Crippen molar-refractivity contribution < 1.29 is 5.11 Å². The fourth-order valence-corrected chi connectivity index (χ4v) is 1.38. The Hall–Kier alpha value is -0.860. The summed E-state index contributed by atoms with van der Waals surface area (Å²) in [5.41, 5.74) is 9.48. The molecule has 0 spiro atoms. The summed E-state index contributed by atoms with van der Waals surface area (Å²) >= 11 is 0. The third-order valence-electron chi connectivity index (χ3n) is 2.43. The highest BCUT2D eigenvalue weighted by Crippen LogP contribution is 2.13. The van der Waals surface area contributed by atoms with Gasteiger partial charge in [-0.2, -0.15) is 0 Å². The number of aryl methyl sites for hydroxylation is 1. The standard InChI is InChI=1S/C11H17NO/c1-8-4-3-5-10(9(8)2)6-11(12)7-13/h3-5,11,13H,6-7,12H2,1-2H3. The minimum absolute atomic E-state index is 0.0490. The highest BCUT2D eigenvalue weighted by Gasteiger charge is 2.05. The predicted molar refractivity (Wildman–Crippen MR) is 54.7 cm³/mol. The largest absolute Gasteiger partial charge is 0.395 e. The minimum Gasteiger partial charge on any atom is -0.395 e. The predicted octanol–water partition coefficient (Wildman–Crippen LogP) is 1.17. The molecule has 72 valence electrons. The molecule has 0 fully saturated rings. The van der Waals surface area contributed by atoms with Gasteiger partial charge >= 0.3 is 0 Å². The van der Waals surface area contributed by atoms with Crippen LogP contribution in [0.2, 0.25) is 0 Å². The molecule has 0 saturated carbocycles. The maximum atomic E-state index is 8.83. The maximum Gasteiger partial charge on any atom is 0.0585 e. The van der Waals surface area contributed by atoms with Gasteiger partial charge in [0.1, 0.15) is 0 Å². The number of aliphatic hydroxyl groups excluding tert-OH is 1. The zero-order valence-electron chi connectivity index (χ0n) is 8.25. The Morgan fingerprint density at radius 3 is 2.69 bits per heavy atom. The third-order valence-corrected chi connectivity index (χ3v) is 2.43. The normalized spacial score (nSPS) is 12.9. The van der Waals surface area contributed by atoms with E-state index in [0.717, 1.165) is 6.42 Å². The number of hydrogen-bond acceptors (Lipinski definition) is 2. The lowest BCUT2D eigenvalue weighted by Gasteiger charge is -2.11. The SMILES string of the molecule is Cc1cccc(CC(N)CO)c1C. The smallest absolute Gasteiger partial charge is 0.0585 e. The highest BCUT2D eigenvalue weighted by molar-refractivity contribution is 5.33. The third kappa shape index (κ3) is 2.54. The van der Waals surface area contributed by atoms with E-state index < -0.39 is 0 Å². The zero-order valence-corrected chi connectivity index (χ0v) is 8.25. The number of hydrogen-bond donors (Lipinski definition) is 2. The second-order valence-corrected chi connectivity index (χ2v) is 3.51. The van der Waals surface area contributed by atoms with Crippen molar-refractivity contribution in [3.05, 3.63) is 34.9 Å². The van der Waals surface area contributed by atoms with Crippen molar-refractivity contribution in [1.82, 2.24) is 0 Å². The van der Waals surface area contributed by atoms with Crippen LogP contribution in [0.15, 0.2) is 18.2 Å². The van der Waals surface area contributed by atoms with Crippen molar-refractivity contribution in [1.29, 1.82) is 0 Å². The first-order valence-corrected chi connectivity index (χ1v) is 4.56. The van der Waals surface area contributed by atoms with Crippen molar-refractivity contribution >= 4 is 0 Å². The van der Waals surface area contributed by atoms with Gasteiger partial charge in [0.2, 0.25) is 0 Å².